The van der Waals surface area contributed by atoms with Crippen molar-refractivity contribution in [2.45, 2.75) is 52.0 Å². The van der Waals surface area contributed by atoms with Gasteiger partial charge >= 0.3 is 12.1 Å². The molecule has 1 aromatic carbocycles. The van der Waals surface area contributed by atoms with Gasteiger partial charge < -0.3 is 24.6 Å². The molecule has 2 aliphatic heterocycles. The fourth-order valence-corrected chi connectivity index (χ4v) is 3.85. The molecule has 0 saturated carbocycles. The number of rotatable bonds is 4. The molecule has 1 fully saturated rings. The van der Waals surface area contributed by atoms with Gasteiger partial charge in [-0.3, -0.25) is 4.90 Å². The van der Waals surface area contributed by atoms with Crippen molar-refractivity contribution in [1.29, 1.82) is 0 Å². The Bertz CT molecular complexity index is 788. The maximum Gasteiger partial charge on any atom is 0.410 e. The van der Waals surface area contributed by atoms with Crippen molar-refractivity contribution in [3.63, 3.8) is 0 Å². The second-order valence-electron chi connectivity index (χ2n) is 8.66. The third-order valence-corrected chi connectivity index (χ3v) is 5.44. The van der Waals surface area contributed by atoms with E-state index in [1.165, 1.54) is 0 Å². The fraction of sp³-hybridized carbons (Fsp3) is 0.619. The van der Waals surface area contributed by atoms with E-state index in [2.05, 4.69) is 0 Å². The number of amides is 1. The molecule has 1 saturated heterocycles. The normalized spacial score (nSPS) is 21.0. The van der Waals surface area contributed by atoms with Gasteiger partial charge in [0.15, 0.2) is 0 Å². The Kier molecular flexibility index (Phi) is 6.16. The SMILES string of the molecule is Cc1c([C@@H](O)CN2CCN(C(=O)OC(C)(C)C)C[C@H]2CO)ccc2c1COC2=O. The predicted molar refractivity (Wildman–Crippen MR) is 106 cm³/mol. The Morgan fingerprint density at radius 3 is 2.72 bits per heavy atom. The van der Waals surface area contributed by atoms with Crippen molar-refractivity contribution in [2.24, 2.45) is 0 Å². The van der Waals surface area contributed by atoms with Crippen LogP contribution in [0.2, 0.25) is 0 Å². The number of benzene rings is 1. The summed E-state index contributed by atoms with van der Waals surface area (Å²) >= 11 is 0. The topological polar surface area (TPSA) is 99.5 Å². The minimum atomic E-state index is -0.780. The molecule has 2 N–H and O–H groups in total. The highest BCUT2D eigenvalue weighted by molar-refractivity contribution is 5.93. The molecule has 0 aliphatic carbocycles. The van der Waals surface area contributed by atoms with E-state index >= 15 is 0 Å². The number of piperazine rings is 1. The van der Waals surface area contributed by atoms with Crippen LogP contribution in [-0.2, 0) is 16.1 Å². The number of carbonyl (C=O) groups excluding carboxylic acids is 2. The summed E-state index contributed by atoms with van der Waals surface area (Å²) in [4.78, 5) is 27.6. The maximum absolute atomic E-state index is 12.3. The molecule has 3 rings (SSSR count). The van der Waals surface area contributed by atoms with Crippen molar-refractivity contribution in [3.05, 3.63) is 34.4 Å². The standard InChI is InChI=1S/C21H30N2O6/c1-13-15(5-6-16-17(13)12-28-19(16)26)18(25)10-22-7-8-23(9-14(22)11-24)20(27)29-21(2,3)4/h5-6,14,18,24-25H,7-12H2,1-4H3/t14-,18-/m0/s1. The average Bonchev–Trinajstić information content (AvgIpc) is 3.02. The average molecular weight is 406 g/mol. The fourth-order valence-electron chi connectivity index (χ4n) is 3.85. The van der Waals surface area contributed by atoms with Crippen molar-refractivity contribution >= 4 is 12.1 Å². The molecule has 0 radical (unpaired) electrons. The van der Waals surface area contributed by atoms with E-state index in [0.29, 0.717) is 31.7 Å². The van der Waals surface area contributed by atoms with Gasteiger partial charge in [-0.15, -0.1) is 0 Å². The highest BCUT2D eigenvalue weighted by Crippen LogP contribution is 2.30. The summed E-state index contributed by atoms with van der Waals surface area (Å²) in [5.74, 6) is -0.331. The van der Waals surface area contributed by atoms with Gasteiger partial charge in [-0.2, -0.15) is 0 Å². The van der Waals surface area contributed by atoms with Gasteiger partial charge in [-0.05, 0) is 44.9 Å². The summed E-state index contributed by atoms with van der Waals surface area (Å²) in [6.45, 7) is 9.08. The van der Waals surface area contributed by atoms with Crippen LogP contribution in [0.5, 0.6) is 0 Å². The number of carbonyl (C=O) groups is 2. The van der Waals surface area contributed by atoms with Crippen molar-refractivity contribution < 1.29 is 29.3 Å². The first-order valence-electron chi connectivity index (χ1n) is 9.91. The van der Waals surface area contributed by atoms with E-state index in [1.807, 2.05) is 32.6 Å². The molecule has 1 aromatic rings. The molecule has 2 aliphatic rings. The molecular weight excluding hydrogens is 376 g/mol. The second kappa shape index (κ2) is 8.30. The van der Waals surface area contributed by atoms with Gasteiger partial charge in [0, 0.05) is 31.7 Å². The molecule has 2 atom stereocenters. The molecule has 2 heterocycles. The van der Waals surface area contributed by atoms with Crippen LogP contribution in [0.25, 0.3) is 0 Å². The molecule has 1 amide bonds. The lowest BCUT2D eigenvalue weighted by atomic mass is 9.95. The number of ether oxygens (including phenoxy) is 2. The van der Waals surface area contributed by atoms with Crippen LogP contribution < -0.4 is 0 Å². The Balaban J connectivity index is 1.66. The lowest BCUT2D eigenvalue weighted by Crippen LogP contribution is -2.57. The summed E-state index contributed by atoms with van der Waals surface area (Å²) in [5.41, 5.74) is 2.40. The van der Waals surface area contributed by atoms with Crippen LogP contribution in [-0.4, -0.2) is 76.5 Å². The quantitative estimate of drug-likeness (QED) is 0.733. The van der Waals surface area contributed by atoms with Gasteiger partial charge in [-0.1, -0.05) is 6.07 Å². The largest absolute Gasteiger partial charge is 0.457 e. The van der Waals surface area contributed by atoms with E-state index in [-0.39, 0.29) is 25.2 Å². The third-order valence-electron chi connectivity index (χ3n) is 5.44. The molecule has 0 unspecified atom stereocenters. The zero-order valence-corrected chi connectivity index (χ0v) is 17.5. The molecule has 8 heteroatoms. The Labute approximate surface area is 171 Å². The van der Waals surface area contributed by atoms with Crippen LogP contribution in [0.4, 0.5) is 4.79 Å². The molecule has 0 aromatic heterocycles. The summed E-state index contributed by atoms with van der Waals surface area (Å²) in [7, 11) is 0. The Morgan fingerprint density at radius 1 is 1.34 bits per heavy atom. The zero-order valence-electron chi connectivity index (χ0n) is 17.5. The number of aliphatic hydroxyl groups excluding tert-OH is 2. The minimum absolute atomic E-state index is 0.127. The van der Waals surface area contributed by atoms with Crippen LogP contribution in [0.15, 0.2) is 12.1 Å². The van der Waals surface area contributed by atoms with E-state index in [1.54, 1.807) is 17.0 Å². The second-order valence-corrected chi connectivity index (χ2v) is 8.66. The number of β-amino-alcohol motifs (C(OH)–C–C–N with tert-alkyl or cyclic N) is 1. The zero-order chi connectivity index (χ0) is 21.3. The minimum Gasteiger partial charge on any atom is -0.457 e. The van der Waals surface area contributed by atoms with Gasteiger partial charge in [0.25, 0.3) is 0 Å². The maximum atomic E-state index is 12.3. The van der Waals surface area contributed by atoms with Crippen molar-refractivity contribution in [2.75, 3.05) is 32.8 Å². The van der Waals surface area contributed by atoms with Crippen LogP contribution in [0, 0.1) is 6.92 Å². The molecule has 0 bridgehead atoms. The van der Waals surface area contributed by atoms with E-state index in [4.69, 9.17) is 9.47 Å². The first-order chi connectivity index (χ1) is 13.6. The van der Waals surface area contributed by atoms with Gasteiger partial charge in [0.1, 0.15) is 12.2 Å². The van der Waals surface area contributed by atoms with Gasteiger partial charge in [-0.25, -0.2) is 9.59 Å². The van der Waals surface area contributed by atoms with Gasteiger partial charge in [0.2, 0.25) is 0 Å². The van der Waals surface area contributed by atoms with E-state index in [0.717, 1.165) is 16.7 Å². The first-order valence-corrected chi connectivity index (χ1v) is 9.91. The lowest BCUT2D eigenvalue weighted by molar-refractivity contribution is -0.0148. The smallest absolute Gasteiger partial charge is 0.410 e. The Hall–Kier alpha value is -2.16. The number of fused-ring (bicyclic) bond motifs is 1. The summed E-state index contributed by atoms with van der Waals surface area (Å²) in [6, 6.07) is 3.17. The summed E-state index contributed by atoms with van der Waals surface area (Å²) in [6.07, 6.45) is -1.17. The molecule has 160 valence electrons. The number of hydrogen-bond donors (Lipinski definition) is 2. The molecular formula is C21H30N2O6. The molecule has 29 heavy (non-hydrogen) atoms. The van der Waals surface area contributed by atoms with Crippen molar-refractivity contribution in [3.8, 4) is 0 Å². The third kappa shape index (κ3) is 4.71. The highest BCUT2D eigenvalue weighted by atomic mass is 16.6. The van der Waals surface area contributed by atoms with E-state index in [9.17, 15) is 19.8 Å². The van der Waals surface area contributed by atoms with Crippen LogP contribution >= 0.6 is 0 Å². The van der Waals surface area contributed by atoms with Gasteiger partial charge in [0.05, 0.1) is 24.3 Å². The summed E-state index contributed by atoms with van der Waals surface area (Å²) < 4.78 is 10.5. The molecule has 8 nitrogen and oxygen atoms in total. The number of aliphatic hydroxyl groups is 2. The van der Waals surface area contributed by atoms with Crippen LogP contribution in [0.1, 0.15) is 53.9 Å². The first kappa shape index (κ1) is 21.5. The number of hydrogen-bond acceptors (Lipinski definition) is 7. The summed E-state index contributed by atoms with van der Waals surface area (Å²) in [5, 5.41) is 20.7. The lowest BCUT2D eigenvalue weighted by Gasteiger charge is -2.41. The number of cyclic esters (lactones) is 1. The molecule has 0 spiro atoms. The van der Waals surface area contributed by atoms with Crippen molar-refractivity contribution in [1.82, 2.24) is 9.80 Å². The Morgan fingerprint density at radius 2 is 2.07 bits per heavy atom. The van der Waals surface area contributed by atoms with Crippen LogP contribution in [0.3, 0.4) is 0 Å². The number of nitrogens with zero attached hydrogens (tertiary/aromatic N) is 2. The number of esters is 1. The monoisotopic (exact) mass is 406 g/mol. The highest BCUT2D eigenvalue weighted by Gasteiger charge is 2.33. The predicted octanol–water partition coefficient (Wildman–Crippen LogP) is 1.61. The van der Waals surface area contributed by atoms with E-state index < -0.39 is 17.8 Å².